The van der Waals surface area contributed by atoms with Crippen molar-refractivity contribution < 1.29 is 4.79 Å². The van der Waals surface area contributed by atoms with Crippen LogP contribution < -0.4 is 5.32 Å². The van der Waals surface area contributed by atoms with Crippen molar-refractivity contribution in [1.29, 1.82) is 0 Å². The fraction of sp³-hybridized carbons (Fsp3) is 0.929. The summed E-state index contributed by atoms with van der Waals surface area (Å²) in [4.78, 5) is 16.6. The second-order valence-corrected chi connectivity index (χ2v) is 5.58. The Kier molecular flexibility index (Phi) is 12.9. The molecule has 0 unspecified atom stereocenters. The van der Waals surface area contributed by atoms with Crippen molar-refractivity contribution in [3.05, 3.63) is 0 Å². The van der Waals surface area contributed by atoms with Crippen molar-refractivity contribution in [1.82, 2.24) is 15.1 Å². The van der Waals surface area contributed by atoms with Gasteiger partial charge in [0, 0.05) is 18.6 Å². The van der Waals surface area contributed by atoms with Crippen LogP contribution in [0.1, 0.15) is 40.0 Å². The number of nitrogens with one attached hydrogen (secondary N) is 1. The van der Waals surface area contributed by atoms with Gasteiger partial charge in [0.1, 0.15) is 0 Å². The number of halogens is 2. The topological polar surface area (TPSA) is 35.6 Å². The zero-order valence-electron chi connectivity index (χ0n) is 13.2. The zero-order valence-corrected chi connectivity index (χ0v) is 14.9. The smallest absolute Gasteiger partial charge is 0.236 e. The van der Waals surface area contributed by atoms with E-state index >= 15 is 0 Å². The first-order chi connectivity index (χ1) is 8.56. The van der Waals surface area contributed by atoms with Gasteiger partial charge in [0.25, 0.3) is 0 Å². The van der Waals surface area contributed by atoms with Gasteiger partial charge in [0.15, 0.2) is 0 Å². The Labute approximate surface area is 136 Å². The minimum absolute atomic E-state index is 0. The molecular formula is C14H31Cl2N3O. The van der Waals surface area contributed by atoms with E-state index < -0.39 is 0 Å². The molecule has 1 N–H and O–H groups in total. The lowest BCUT2D eigenvalue weighted by atomic mass is 10.0. The number of carbonyl (C=O) groups is 1. The Bertz CT molecular complexity index is 259. The van der Waals surface area contributed by atoms with E-state index in [1.807, 2.05) is 7.05 Å². The average molecular weight is 328 g/mol. The molecule has 0 bridgehead atoms. The normalized spacial score (nSPS) is 15.7. The highest BCUT2D eigenvalue weighted by molar-refractivity contribution is 5.85. The molecule has 0 spiro atoms. The van der Waals surface area contributed by atoms with Crippen LogP contribution in [-0.2, 0) is 4.79 Å². The maximum Gasteiger partial charge on any atom is 0.236 e. The van der Waals surface area contributed by atoms with Gasteiger partial charge < -0.3 is 10.2 Å². The van der Waals surface area contributed by atoms with E-state index in [9.17, 15) is 4.79 Å². The summed E-state index contributed by atoms with van der Waals surface area (Å²) >= 11 is 0. The number of hydrogen-bond donors (Lipinski definition) is 1. The summed E-state index contributed by atoms with van der Waals surface area (Å²) in [6, 6.07) is 0.865. The van der Waals surface area contributed by atoms with Gasteiger partial charge in [-0.15, -0.1) is 24.8 Å². The van der Waals surface area contributed by atoms with Crippen molar-refractivity contribution in [3.8, 4) is 0 Å². The molecule has 0 saturated carbocycles. The molecule has 0 aliphatic carbocycles. The summed E-state index contributed by atoms with van der Waals surface area (Å²) in [5.74, 6) is 0.292. The van der Waals surface area contributed by atoms with Crippen molar-refractivity contribution in [2.45, 2.75) is 52.1 Å². The molecule has 6 heteroatoms. The molecule has 1 rings (SSSR count). The van der Waals surface area contributed by atoms with Gasteiger partial charge >= 0.3 is 0 Å². The molecule has 1 saturated heterocycles. The van der Waals surface area contributed by atoms with Crippen LogP contribution in [0.3, 0.4) is 0 Å². The highest BCUT2D eigenvalue weighted by Crippen LogP contribution is 2.13. The third-order valence-electron chi connectivity index (χ3n) is 3.80. The number of nitrogens with zero attached hydrogens (tertiary/aromatic N) is 2. The Morgan fingerprint density at radius 2 is 1.80 bits per heavy atom. The van der Waals surface area contributed by atoms with Crippen LogP contribution in [0.25, 0.3) is 0 Å². The molecule has 0 aromatic rings. The summed E-state index contributed by atoms with van der Waals surface area (Å²) in [5.41, 5.74) is 0. The van der Waals surface area contributed by atoms with Gasteiger partial charge in [0.2, 0.25) is 5.91 Å². The summed E-state index contributed by atoms with van der Waals surface area (Å²) < 4.78 is 0. The first-order valence-corrected chi connectivity index (χ1v) is 7.26. The minimum atomic E-state index is 0. The molecule has 1 fully saturated rings. The Morgan fingerprint density at radius 3 is 2.25 bits per heavy atom. The predicted octanol–water partition coefficient (Wildman–Crippen LogP) is 2.16. The Hall–Kier alpha value is -0.0300. The fourth-order valence-electron chi connectivity index (χ4n) is 2.36. The van der Waals surface area contributed by atoms with Crippen LogP contribution >= 0.6 is 24.8 Å². The molecule has 1 aliphatic heterocycles. The van der Waals surface area contributed by atoms with Crippen LogP contribution in [0.15, 0.2) is 0 Å². The third kappa shape index (κ3) is 7.11. The van der Waals surface area contributed by atoms with Crippen LogP contribution in [0, 0.1) is 0 Å². The Balaban J connectivity index is 0. The van der Waals surface area contributed by atoms with E-state index in [1.165, 1.54) is 0 Å². The first-order valence-electron chi connectivity index (χ1n) is 7.26. The largest absolute Gasteiger partial charge is 0.339 e. The second-order valence-electron chi connectivity index (χ2n) is 5.58. The third-order valence-corrected chi connectivity index (χ3v) is 3.80. The SMILES string of the molecule is CCCN(C(=O)CN(C)C(C)C)C1CCNCC1.Cl.Cl. The van der Waals surface area contributed by atoms with Gasteiger partial charge in [-0.2, -0.15) is 0 Å². The van der Waals surface area contributed by atoms with Crippen molar-refractivity contribution in [3.63, 3.8) is 0 Å². The van der Waals surface area contributed by atoms with Crippen LogP contribution in [-0.4, -0.2) is 61.0 Å². The van der Waals surface area contributed by atoms with Crippen molar-refractivity contribution in [2.75, 3.05) is 33.2 Å². The van der Waals surface area contributed by atoms with Crippen LogP contribution in [0.2, 0.25) is 0 Å². The second kappa shape index (κ2) is 11.6. The highest BCUT2D eigenvalue weighted by Gasteiger charge is 2.25. The standard InChI is InChI=1S/C14H29N3O.2ClH/c1-5-10-17(13-6-8-15-9-7-13)14(18)11-16(4)12(2)3;;/h12-13,15H,5-11H2,1-4H3;2*1H. The van der Waals surface area contributed by atoms with Gasteiger partial charge in [-0.05, 0) is 53.2 Å². The molecule has 20 heavy (non-hydrogen) atoms. The van der Waals surface area contributed by atoms with Crippen molar-refractivity contribution >= 4 is 30.7 Å². The highest BCUT2D eigenvalue weighted by atomic mass is 35.5. The Morgan fingerprint density at radius 1 is 1.25 bits per heavy atom. The summed E-state index contributed by atoms with van der Waals surface area (Å²) in [5, 5.41) is 3.36. The number of hydrogen-bond acceptors (Lipinski definition) is 3. The number of rotatable bonds is 6. The predicted molar refractivity (Wildman–Crippen MR) is 90.2 cm³/mol. The quantitative estimate of drug-likeness (QED) is 0.812. The maximum atomic E-state index is 12.4. The van der Waals surface area contributed by atoms with E-state index in [0.29, 0.717) is 24.5 Å². The van der Waals surface area contributed by atoms with E-state index in [2.05, 4.69) is 35.9 Å². The molecule has 122 valence electrons. The van der Waals surface area contributed by atoms with Gasteiger partial charge in [0.05, 0.1) is 6.54 Å². The molecular weight excluding hydrogens is 297 g/mol. The summed E-state index contributed by atoms with van der Waals surface area (Å²) in [6.45, 7) is 9.92. The van der Waals surface area contributed by atoms with Gasteiger partial charge in [-0.1, -0.05) is 6.92 Å². The maximum absolute atomic E-state index is 12.4. The van der Waals surface area contributed by atoms with Crippen LogP contribution in [0.4, 0.5) is 0 Å². The molecule has 0 aromatic heterocycles. The van der Waals surface area contributed by atoms with E-state index in [1.54, 1.807) is 0 Å². The van der Waals surface area contributed by atoms with Crippen LogP contribution in [0.5, 0.6) is 0 Å². The number of piperidine rings is 1. The molecule has 1 heterocycles. The molecule has 4 nitrogen and oxygen atoms in total. The molecule has 1 aliphatic rings. The lowest BCUT2D eigenvalue weighted by Crippen LogP contribution is -2.49. The molecule has 1 amide bonds. The fourth-order valence-corrected chi connectivity index (χ4v) is 2.36. The van der Waals surface area contributed by atoms with Crippen molar-refractivity contribution in [2.24, 2.45) is 0 Å². The number of carbonyl (C=O) groups excluding carboxylic acids is 1. The molecule has 0 radical (unpaired) electrons. The summed E-state index contributed by atoms with van der Waals surface area (Å²) in [7, 11) is 2.02. The zero-order chi connectivity index (χ0) is 13.5. The van der Waals surface area contributed by atoms with Gasteiger partial charge in [-0.3, -0.25) is 9.69 Å². The number of amides is 1. The lowest BCUT2D eigenvalue weighted by Gasteiger charge is -2.36. The monoisotopic (exact) mass is 327 g/mol. The summed E-state index contributed by atoms with van der Waals surface area (Å²) in [6.07, 6.45) is 3.23. The lowest BCUT2D eigenvalue weighted by molar-refractivity contribution is -0.135. The minimum Gasteiger partial charge on any atom is -0.339 e. The van der Waals surface area contributed by atoms with E-state index in [4.69, 9.17) is 0 Å². The number of likely N-dealkylation sites (N-methyl/N-ethyl adjacent to an activating group) is 1. The van der Waals surface area contributed by atoms with Gasteiger partial charge in [-0.25, -0.2) is 0 Å². The first kappa shape index (κ1) is 22.3. The molecule has 0 atom stereocenters. The van der Waals surface area contributed by atoms with E-state index in [0.717, 1.165) is 38.9 Å². The van der Waals surface area contributed by atoms with E-state index in [-0.39, 0.29) is 24.8 Å². The molecule has 0 aromatic carbocycles. The average Bonchev–Trinajstić information content (AvgIpc) is 2.36.